The Morgan fingerprint density at radius 3 is 1.51 bits per heavy atom. The molecule has 0 aromatic heterocycles. The predicted molar refractivity (Wildman–Crippen MR) is 217 cm³/mol. The molecule has 7 atom stereocenters. The number of unbranched alkanes of at least 4 members (excludes halogenated alkanes) is 26. The normalized spacial score (nSPS) is 21.7. The zero-order chi connectivity index (χ0) is 38.8. The number of ether oxygens (including phenoxy) is 2. The molecule has 1 heterocycles. The Labute approximate surface area is 325 Å². The second-order valence-electron chi connectivity index (χ2n) is 15.9. The second kappa shape index (κ2) is 35.4. The molecule has 2 unspecified atom stereocenters. The molecule has 314 valence electrons. The SMILES string of the molecule is CCCCCCCCCCCCC=CC[C@@H](O)[C@H](CO[C@@H]1O[C@H](CO)[C@@H](O)C(O)C1O)NC(=O)CCCCCCCCCCCCCCCCCCC. The summed E-state index contributed by atoms with van der Waals surface area (Å²) < 4.78 is 11.2. The average molecular weight is 756 g/mol. The number of aliphatic hydroxyl groups excluding tert-OH is 5. The van der Waals surface area contributed by atoms with E-state index >= 15 is 0 Å². The highest BCUT2D eigenvalue weighted by molar-refractivity contribution is 5.76. The third-order valence-corrected chi connectivity index (χ3v) is 10.9. The maximum atomic E-state index is 12.9. The van der Waals surface area contributed by atoms with Gasteiger partial charge >= 0.3 is 0 Å². The van der Waals surface area contributed by atoms with Crippen LogP contribution < -0.4 is 5.32 Å². The van der Waals surface area contributed by atoms with Crippen LogP contribution in [0.1, 0.15) is 206 Å². The van der Waals surface area contributed by atoms with E-state index in [9.17, 15) is 30.3 Å². The van der Waals surface area contributed by atoms with E-state index in [1.807, 2.05) is 6.08 Å². The van der Waals surface area contributed by atoms with E-state index < -0.39 is 49.5 Å². The molecular formula is C44H85NO8. The van der Waals surface area contributed by atoms with Crippen molar-refractivity contribution in [1.82, 2.24) is 5.32 Å². The van der Waals surface area contributed by atoms with Gasteiger partial charge in [0.25, 0.3) is 0 Å². The molecule has 0 radical (unpaired) electrons. The van der Waals surface area contributed by atoms with E-state index in [1.165, 1.54) is 148 Å². The van der Waals surface area contributed by atoms with Crippen LogP contribution in [0.3, 0.4) is 0 Å². The molecule has 1 amide bonds. The van der Waals surface area contributed by atoms with Gasteiger partial charge in [0, 0.05) is 6.42 Å². The third kappa shape index (κ3) is 26.4. The summed E-state index contributed by atoms with van der Waals surface area (Å²) in [4.78, 5) is 12.9. The highest BCUT2D eigenvalue weighted by atomic mass is 16.7. The van der Waals surface area contributed by atoms with Gasteiger partial charge in [0.15, 0.2) is 6.29 Å². The van der Waals surface area contributed by atoms with Crippen LogP contribution in [-0.2, 0) is 14.3 Å². The van der Waals surface area contributed by atoms with Crippen LogP contribution in [0.5, 0.6) is 0 Å². The van der Waals surface area contributed by atoms with Crippen molar-refractivity contribution in [2.75, 3.05) is 13.2 Å². The Balaban J connectivity index is 2.35. The zero-order valence-corrected chi connectivity index (χ0v) is 34.3. The first-order chi connectivity index (χ1) is 25.8. The molecule has 6 N–H and O–H groups in total. The maximum absolute atomic E-state index is 12.9. The molecule has 0 aromatic rings. The molecule has 1 rings (SSSR count). The van der Waals surface area contributed by atoms with Gasteiger partial charge in [-0.05, 0) is 25.7 Å². The quantitative estimate of drug-likeness (QED) is 0.0272. The Morgan fingerprint density at radius 1 is 0.623 bits per heavy atom. The van der Waals surface area contributed by atoms with Gasteiger partial charge in [-0.15, -0.1) is 0 Å². The van der Waals surface area contributed by atoms with Crippen LogP contribution >= 0.6 is 0 Å². The molecular weight excluding hydrogens is 670 g/mol. The molecule has 9 heteroatoms. The zero-order valence-electron chi connectivity index (χ0n) is 34.3. The van der Waals surface area contributed by atoms with Crippen molar-refractivity contribution in [3.8, 4) is 0 Å². The summed E-state index contributed by atoms with van der Waals surface area (Å²) in [6, 6.07) is -0.761. The van der Waals surface area contributed by atoms with E-state index in [1.54, 1.807) is 0 Å². The van der Waals surface area contributed by atoms with Crippen LogP contribution in [0.25, 0.3) is 0 Å². The van der Waals surface area contributed by atoms with E-state index in [4.69, 9.17) is 9.47 Å². The lowest BCUT2D eigenvalue weighted by molar-refractivity contribution is -0.302. The standard InChI is InChI=1S/C44H85NO8/c1-3-5-7-9-11-13-15-17-18-19-20-22-24-26-28-30-32-34-40(48)45-37(36-52-44-43(51)42(50)41(49)39(35-46)53-44)38(47)33-31-29-27-25-23-21-16-14-12-10-8-6-4-2/h29,31,37-39,41-44,46-47,49-51H,3-28,30,32-36H2,1-2H3,(H,45,48)/t37-,38+,39+,41+,42?,43?,44+/m0/s1. The molecule has 1 saturated heterocycles. The summed E-state index contributed by atoms with van der Waals surface area (Å²) in [5.41, 5.74) is 0. The number of amides is 1. The maximum Gasteiger partial charge on any atom is 0.220 e. The molecule has 0 aliphatic carbocycles. The van der Waals surface area contributed by atoms with Crippen LogP contribution in [0.4, 0.5) is 0 Å². The lowest BCUT2D eigenvalue weighted by Gasteiger charge is -2.40. The fraction of sp³-hybridized carbons (Fsp3) is 0.932. The van der Waals surface area contributed by atoms with Crippen molar-refractivity contribution < 1.29 is 39.8 Å². The third-order valence-electron chi connectivity index (χ3n) is 10.9. The molecule has 0 spiro atoms. The Hall–Kier alpha value is -1.07. The highest BCUT2D eigenvalue weighted by Crippen LogP contribution is 2.23. The number of hydrogen-bond donors (Lipinski definition) is 6. The van der Waals surface area contributed by atoms with Gasteiger partial charge in [-0.25, -0.2) is 0 Å². The number of allylic oxidation sites excluding steroid dienone is 1. The lowest BCUT2D eigenvalue weighted by atomic mass is 9.99. The minimum atomic E-state index is -1.56. The average Bonchev–Trinajstić information content (AvgIpc) is 3.16. The van der Waals surface area contributed by atoms with Crippen LogP contribution in [0.2, 0.25) is 0 Å². The van der Waals surface area contributed by atoms with Gasteiger partial charge in [0.05, 0.1) is 25.4 Å². The summed E-state index contributed by atoms with van der Waals surface area (Å²) in [7, 11) is 0. The van der Waals surface area contributed by atoms with E-state index in [0.717, 1.165) is 32.1 Å². The number of aliphatic hydroxyl groups is 5. The molecule has 0 bridgehead atoms. The van der Waals surface area contributed by atoms with Crippen LogP contribution in [0, 0.1) is 0 Å². The number of hydrogen-bond acceptors (Lipinski definition) is 8. The fourth-order valence-electron chi connectivity index (χ4n) is 7.21. The molecule has 0 aromatic carbocycles. The van der Waals surface area contributed by atoms with Crippen molar-refractivity contribution in [2.45, 2.75) is 249 Å². The minimum absolute atomic E-state index is 0.165. The van der Waals surface area contributed by atoms with Crippen molar-refractivity contribution in [2.24, 2.45) is 0 Å². The van der Waals surface area contributed by atoms with Crippen molar-refractivity contribution in [3.63, 3.8) is 0 Å². The lowest BCUT2D eigenvalue weighted by Crippen LogP contribution is -2.60. The van der Waals surface area contributed by atoms with Gasteiger partial charge < -0.3 is 40.3 Å². The Kier molecular flexibility index (Phi) is 33.3. The molecule has 1 fully saturated rings. The second-order valence-corrected chi connectivity index (χ2v) is 15.9. The number of carbonyl (C=O) groups is 1. The number of rotatable bonds is 37. The fourth-order valence-corrected chi connectivity index (χ4v) is 7.21. The molecule has 53 heavy (non-hydrogen) atoms. The predicted octanol–water partition coefficient (Wildman–Crippen LogP) is 8.95. The summed E-state index contributed by atoms with van der Waals surface area (Å²) >= 11 is 0. The van der Waals surface area contributed by atoms with Gasteiger partial charge in [-0.1, -0.05) is 187 Å². The highest BCUT2D eigenvalue weighted by Gasteiger charge is 2.44. The van der Waals surface area contributed by atoms with Crippen molar-refractivity contribution >= 4 is 5.91 Å². The van der Waals surface area contributed by atoms with E-state index in [2.05, 4.69) is 25.2 Å². The van der Waals surface area contributed by atoms with E-state index in [0.29, 0.717) is 12.8 Å². The number of carbonyl (C=O) groups excluding carboxylic acids is 1. The summed E-state index contributed by atoms with van der Waals surface area (Å²) in [5.74, 6) is -0.165. The molecule has 1 aliphatic rings. The largest absolute Gasteiger partial charge is 0.394 e. The first-order valence-corrected chi connectivity index (χ1v) is 22.4. The van der Waals surface area contributed by atoms with Gasteiger partial charge in [0.1, 0.15) is 24.4 Å². The summed E-state index contributed by atoms with van der Waals surface area (Å²) in [6.45, 7) is 3.79. The first kappa shape index (κ1) is 49.9. The molecule has 9 nitrogen and oxygen atoms in total. The smallest absolute Gasteiger partial charge is 0.220 e. The summed E-state index contributed by atoms with van der Waals surface area (Å²) in [5, 5.41) is 54.2. The van der Waals surface area contributed by atoms with Gasteiger partial charge in [-0.3, -0.25) is 4.79 Å². The van der Waals surface area contributed by atoms with E-state index in [-0.39, 0.29) is 12.5 Å². The van der Waals surface area contributed by atoms with Crippen molar-refractivity contribution in [1.29, 1.82) is 0 Å². The van der Waals surface area contributed by atoms with Crippen LogP contribution in [-0.4, -0.2) is 87.5 Å². The van der Waals surface area contributed by atoms with Crippen molar-refractivity contribution in [3.05, 3.63) is 12.2 Å². The monoisotopic (exact) mass is 756 g/mol. The van der Waals surface area contributed by atoms with Crippen LogP contribution in [0.15, 0.2) is 12.2 Å². The topological polar surface area (TPSA) is 149 Å². The molecule has 1 aliphatic heterocycles. The Bertz CT molecular complexity index is 842. The number of nitrogens with one attached hydrogen (secondary N) is 1. The molecule has 0 saturated carbocycles. The first-order valence-electron chi connectivity index (χ1n) is 22.4. The van der Waals surface area contributed by atoms with Gasteiger partial charge in [0.2, 0.25) is 5.91 Å². The minimum Gasteiger partial charge on any atom is -0.394 e. The Morgan fingerprint density at radius 2 is 1.06 bits per heavy atom. The van der Waals surface area contributed by atoms with Gasteiger partial charge in [-0.2, -0.15) is 0 Å². The summed E-state index contributed by atoms with van der Waals surface area (Å²) in [6.07, 6.45) is 32.3.